The second-order valence-corrected chi connectivity index (χ2v) is 6.28. The van der Waals surface area contributed by atoms with Crippen molar-refractivity contribution in [2.45, 2.75) is 46.0 Å². The maximum Gasteiger partial charge on any atom is 0.0683 e. The van der Waals surface area contributed by atoms with Gasteiger partial charge in [-0.15, -0.1) is 0 Å². The van der Waals surface area contributed by atoms with Gasteiger partial charge in [0.1, 0.15) is 0 Å². The van der Waals surface area contributed by atoms with E-state index in [0.717, 1.165) is 25.3 Å². The zero-order chi connectivity index (χ0) is 13.4. The average Bonchev–Trinajstić information content (AvgIpc) is 2.38. The molecular weight excluding hydrogens is 222 g/mol. The van der Waals surface area contributed by atoms with Crippen molar-refractivity contribution < 1.29 is 0 Å². The number of rotatable bonds is 7. The minimum atomic E-state index is -0.148. The molecule has 1 aliphatic rings. The van der Waals surface area contributed by atoms with Gasteiger partial charge in [0.25, 0.3) is 0 Å². The first kappa shape index (κ1) is 15.5. The number of likely N-dealkylation sites (tertiary alicyclic amines) is 1. The van der Waals surface area contributed by atoms with E-state index in [9.17, 15) is 0 Å². The molecule has 1 heterocycles. The van der Waals surface area contributed by atoms with Crippen molar-refractivity contribution in [2.24, 2.45) is 11.3 Å². The van der Waals surface area contributed by atoms with Crippen LogP contribution in [0.15, 0.2) is 0 Å². The van der Waals surface area contributed by atoms with Gasteiger partial charge < -0.3 is 10.2 Å². The highest BCUT2D eigenvalue weighted by Gasteiger charge is 2.20. The Morgan fingerprint density at radius 1 is 1.33 bits per heavy atom. The fourth-order valence-electron chi connectivity index (χ4n) is 2.65. The van der Waals surface area contributed by atoms with Crippen molar-refractivity contribution in [1.82, 2.24) is 10.2 Å². The molecule has 1 N–H and O–H groups in total. The summed E-state index contributed by atoms with van der Waals surface area (Å²) < 4.78 is 0. The SMILES string of the molecule is CNCCC1CCN(CCCC(C)(C)C#N)CC1. The second kappa shape index (κ2) is 7.76. The summed E-state index contributed by atoms with van der Waals surface area (Å²) in [5.41, 5.74) is -0.148. The summed E-state index contributed by atoms with van der Waals surface area (Å²) in [5, 5.41) is 12.2. The molecule has 0 spiro atoms. The van der Waals surface area contributed by atoms with Crippen LogP contribution in [0.1, 0.15) is 46.0 Å². The van der Waals surface area contributed by atoms with Gasteiger partial charge in [0.15, 0.2) is 0 Å². The third-order valence-electron chi connectivity index (χ3n) is 4.09. The molecule has 0 aromatic carbocycles. The monoisotopic (exact) mass is 251 g/mol. The molecule has 0 aromatic heterocycles. The van der Waals surface area contributed by atoms with E-state index in [1.807, 2.05) is 20.9 Å². The van der Waals surface area contributed by atoms with Crippen LogP contribution in [0.3, 0.4) is 0 Å². The first-order chi connectivity index (χ1) is 8.57. The van der Waals surface area contributed by atoms with Crippen molar-refractivity contribution in [3.8, 4) is 6.07 Å². The van der Waals surface area contributed by atoms with Crippen LogP contribution in [0.25, 0.3) is 0 Å². The molecule has 0 atom stereocenters. The Morgan fingerprint density at radius 3 is 2.56 bits per heavy atom. The highest BCUT2D eigenvalue weighted by Crippen LogP contribution is 2.23. The van der Waals surface area contributed by atoms with Crippen molar-refractivity contribution in [3.63, 3.8) is 0 Å². The Kier molecular flexibility index (Phi) is 6.67. The molecule has 1 fully saturated rings. The van der Waals surface area contributed by atoms with Gasteiger partial charge in [0.05, 0.1) is 11.5 Å². The van der Waals surface area contributed by atoms with E-state index in [1.54, 1.807) is 0 Å². The number of hydrogen-bond donors (Lipinski definition) is 1. The van der Waals surface area contributed by atoms with Crippen LogP contribution in [0.2, 0.25) is 0 Å². The summed E-state index contributed by atoms with van der Waals surface area (Å²) in [6, 6.07) is 2.38. The first-order valence-corrected chi connectivity index (χ1v) is 7.35. The largest absolute Gasteiger partial charge is 0.320 e. The quantitative estimate of drug-likeness (QED) is 0.756. The number of piperidine rings is 1. The minimum absolute atomic E-state index is 0.148. The van der Waals surface area contributed by atoms with E-state index < -0.39 is 0 Å². The average molecular weight is 251 g/mol. The summed E-state index contributed by atoms with van der Waals surface area (Å²) in [6.07, 6.45) is 6.20. The fraction of sp³-hybridized carbons (Fsp3) is 0.933. The summed E-state index contributed by atoms with van der Waals surface area (Å²) in [7, 11) is 2.03. The molecule has 1 rings (SSSR count). The second-order valence-electron chi connectivity index (χ2n) is 6.28. The highest BCUT2D eigenvalue weighted by atomic mass is 15.1. The van der Waals surface area contributed by atoms with E-state index in [-0.39, 0.29) is 5.41 Å². The Morgan fingerprint density at radius 2 is 2.00 bits per heavy atom. The fourth-order valence-corrected chi connectivity index (χ4v) is 2.65. The van der Waals surface area contributed by atoms with Gasteiger partial charge in [-0.2, -0.15) is 5.26 Å². The standard InChI is InChI=1S/C15H29N3/c1-15(2,13-16)8-4-10-18-11-6-14(7-12-18)5-9-17-3/h14,17H,4-12H2,1-3H3. The molecule has 1 saturated heterocycles. The van der Waals surface area contributed by atoms with Gasteiger partial charge in [-0.1, -0.05) is 0 Å². The molecule has 0 bridgehead atoms. The first-order valence-electron chi connectivity index (χ1n) is 7.35. The summed E-state index contributed by atoms with van der Waals surface area (Å²) in [5.74, 6) is 0.921. The lowest BCUT2D eigenvalue weighted by molar-refractivity contribution is 0.172. The van der Waals surface area contributed by atoms with E-state index in [1.165, 1.54) is 38.9 Å². The Hall–Kier alpha value is -0.590. The third-order valence-corrected chi connectivity index (χ3v) is 4.09. The normalized spacial score (nSPS) is 18.8. The lowest BCUT2D eigenvalue weighted by atomic mass is 9.89. The Bertz CT molecular complexity index is 259. The molecule has 3 nitrogen and oxygen atoms in total. The molecule has 3 heteroatoms. The maximum absolute atomic E-state index is 8.98. The smallest absolute Gasteiger partial charge is 0.0683 e. The minimum Gasteiger partial charge on any atom is -0.320 e. The number of nitrogens with one attached hydrogen (secondary N) is 1. The van der Waals surface area contributed by atoms with Crippen molar-refractivity contribution >= 4 is 0 Å². The number of nitrogens with zero attached hydrogens (tertiary/aromatic N) is 2. The molecule has 0 unspecified atom stereocenters. The third kappa shape index (κ3) is 5.84. The molecular formula is C15H29N3. The van der Waals surface area contributed by atoms with E-state index >= 15 is 0 Å². The van der Waals surface area contributed by atoms with Gasteiger partial charge in [-0.3, -0.25) is 0 Å². The van der Waals surface area contributed by atoms with Crippen LogP contribution in [0, 0.1) is 22.7 Å². The predicted octanol–water partition coefficient (Wildman–Crippen LogP) is 2.64. The highest BCUT2D eigenvalue weighted by molar-refractivity contribution is 4.91. The molecule has 0 amide bonds. The Balaban J connectivity index is 2.11. The van der Waals surface area contributed by atoms with Crippen molar-refractivity contribution in [1.29, 1.82) is 5.26 Å². The van der Waals surface area contributed by atoms with E-state index in [2.05, 4.69) is 16.3 Å². The molecule has 0 aliphatic carbocycles. The van der Waals surface area contributed by atoms with Gasteiger partial charge >= 0.3 is 0 Å². The van der Waals surface area contributed by atoms with Crippen molar-refractivity contribution in [2.75, 3.05) is 33.2 Å². The zero-order valence-corrected chi connectivity index (χ0v) is 12.3. The molecule has 0 radical (unpaired) electrons. The van der Waals surface area contributed by atoms with E-state index in [4.69, 9.17) is 5.26 Å². The summed E-state index contributed by atoms with van der Waals surface area (Å²) in [4.78, 5) is 2.57. The Labute approximate surface area is 113 Å². The van der Waals surface area contributed by atoms with Gasteiger partial charge in [-0.05, 0) is 85.1 Å². The molecule has 0 aromatic rings. The van der Waals surface area contributed by atoms with Gasteiger partial charge in [0, 0.05) is 0 Å². The summed E-state index contributed by atoms with van der Waals surface area (Å²) in [6.45, 7) is 8.90. The van der Waals surface area contributed by atoms with Crippen LogP contribution in [-0.2, 0) is 0 Å². The zero-order valence-electron chi connectivity index (χ0n) is 12.3. The van der Waals surface area contributed by atoms with Crippen LogP contribution in [-0.4, -0.2) is 38.1 Å². The lowest BCUT2D eigenvalue weighted by Gasteiger charge is -2.32. The van der Waals surface area contributed by atoms with Crippen LogP contribution in [0.5, 0.6) is 0 Å². The number of hydrogen-bond acceptors (Lipinski definition) is 3. The topological polar surface area (TPSA) is 39.1 Å². The molecule has 104 valence electrons. The van der Waals surface area contributed by atoms with Crippen LogP contribution in [0.4, 0.5) is 0 Å². The maximum atomic E-state index is 8.98. The van der Waals surface area contributed by atoms with Crippen molar-refractivity contribution in [3.05, 3.63) is 0 Å². The van der Waals surface area contributed by atoms with Crippen LogP contribution >= 0.6 is 0 Å². The molecule has 0 saturated carbocycles. The van der Waals surface area contributed by atoms with E-state index in [0.29, 0.717) is 0 Å². The molecule has 18 heavy (non-hydrogen) atoms. The summed E-state index contributed by atoms with van der Waals surface area (Å²) >= 11 is 0. The number of nitriles is 1. The lowest BCUT2D eigenvalue weighted by Crippen LogP contribution is -2.35. The van der Waals surface area contributed by atoms with Gasteiger partial charge in [0.2, 0.25) is 0 Å². The predicted molar refractivity (Wildman–Crippen MR) is 76.3 cm³/mol. The van der Waals surface area contributed by atoms with Crippen LogP contribution < -0.4 is 5.32 Å². The molecule has 1 aliphatic heterocycles. The van der Waals surface area contributed by atoms with Gasteiger partial charge in [-0.25, -0.2) is 0 Å².